The Hall–Kier alpha value is -2.58. The molecule has 2 amide bonds. The molecule has 1 aromatic carbocycles. The number of hydrogen-bond donors (Lipinski definition) is 1. The van der Waals surface area contributed by atoms with E-state index in [4.69, 9.17) is 4.74 Å². The van der Waals surface area contributed by atoms with Crippen LogP contribution in [0.1, 0.15) is 30.7 Å². The van der Waals surface area contributed by atoms with Gasteiger partial charge in [0.05, 0.1) is 30.7 Å². The van der Waals surface area contributed by atoms with Crippen molar-refractivity contribution in [2.75, 3.05) is 12.0 Å². The number of methoxy groups -OCH3 is 1. The zero-order valence-electron chi connectivity index (χ0n) is 16.1. The number of amides is 2. The maximum Gasteiger partial charge on any atom is 0.326 e. The minimum Gasteiger partial charge on any atom is -0.468 e. The molecular formula is C21H21FN2O4S. The molecule has 2 fully saturated rings. The minimum absolute atomic E-state index is 0.302. The fourth-order valence-electron chi connectivity index (χ4n) is 4.66. The maximum absolute atomic E-state index is 13.5. The SMILES string of the molecule is CCC[C@@]1(C(=O)OC)N[C@@H](c2cccs2)[C@H]2C(=O)N(c3ccc(F)cc3)C(=O)[C@H]21. The van der Waals surface area contributed by atoms with Crippen molar-refractivity contribution in [3.63, 3.8) is 0 Å². The summed E-state index contributed by atoms with van der Waals surface area (Å²) >= 11 is 1.46. The van der Waals surface area contributed by atoms with Gasteiger partial charge in [0.15, 0.2) is 0 Å². The molecule has 2 aliphatic rings. The van der Waals surface area contributed by atoms with Gasteiger partial charge in [-0.1, -0.05) is 19.4 Å². The molecule has 8 heteroatoms. The van der Waals surface area contributed by atoms with Crippen molar-refractivity contribution in [2.45, 2.75) is 31.3 Å². The van der Waals surface area contributed by atoms with Crippen molar-refractivity contribution in [2.24, 2.45) is 11.8 Å². The van der Waals surface area contributed by atoms with Crippen molar-refractivity contribution in [1.82, 2.24) is 5.32 Å². The molecule has 2 aliphatic heterocycles. The largest absolute Gasteiger partial charge is 0.468 e. The van der Waals surface area contributed by atoms with E-state index in [9.17, 15) is 18.8 Å². The highest BCUT2D eigenvalue weighted by atomic mass is 32.1. The number of thiophene rings is 1. The Morgan fingerprint density at radius 2 is 1.97 bits per heavy atom. The summed E-state index contributed by atoms with van der Waals surface area (Å²) in [6.07, 6.45) is 0.986. The van der Waals surface area contributed by atoms with E-state index in [0.717, 1.165) is 9.78 Å². The summed E-state index contributed by atoms with van der Waals surface area (Å²) in [5.41, 5.74) is -0.986. The van der Waals surface area contributed by atoms with Gasteiger partial charge in [-0.3, -0.25) is 19.7 Å². The molecule has 29 heavy (non-hydrogen) atoms. The number of ether oxygens (including phenoxy) is 1. The Kier molecular flexibility index (Phi) is 5.00. The van der Waals surface area contributed by atoms with Gasteiger partial charge >= 0.3 is 5.97 Å². The number of anilines is 1. The monoisotopic (exact) mass is 416 g/mol. The number of halogens is 1. The van der Waals surface area contributed by atoms with Crippen LogP contribution in [0.2, 0.25) is 0 Å². The first kappa shape index (κ1) is 19.7. The Morgan fingerprint density at radius 3 is 2.55 bits per heavy atom. The van der Waals surface area contributed by atoms with Crippen molar-refractivity contribution in [3.05, 3.63) is 52.5 Å². The summed E-state index contributed by atoms with van der Waals surface area (Å²) < 4.78 is 18.4. The second-order valence-corrected chi connectivity index (χ2v) is 8.32. The van der Waals surface area contributed by atoms with Crippen LogP contribution in [0.15, 0.2) is 41.8 Å². The Bertz CT molecular complexity index is 946. The molecule has 0 spiro atoms. The number of rotatable bonds is 5. The highest BCUT2D eigenvalue weighted by Gasteiger charge is 2.68. The Balaban J connectivity index is 1.84. The number of benzene rings is 1. The number of carbonyl (C=O) groups excluding carboxylic acids is 3. The summed E-state index contributed by atoms with van der Waals surface area (Å²) in [7, 11) is 1.29. The second-order valence-electron chi connectivity index (χ2n) is 7.34. The number of imide groups is 1. The van der Waals surface area contributed by atoms with Gasteiger partial charge in [-0.2, -0.15) is 0 Å². The molecule has 1 aromatic heterocycles. The maximum atomic E-state index is 13.5. The topological polar surface area (TPSA) is 75.7 Å². The van der Waals surface area contributed by atoms with Gasteiger partial charge < -0.3 is 4.74 Å². The lowest BCUT2D eigenvalue weighted by Gasteiger charge is -2.32. The van der Waals surface area contributed by atoms with Gasteiger partial charge in [0.1, 0.15) is 11.4 Å². The fourth-order valence-corrected chi connectivity index (χ4v) is 5.48. The van der Waals surface area contributed by atoms with E-state index < -0.39 is 41.1 Å². The third-order valence-corrected chi connectivity index (χ3v) is 6.74. The summed E-state index contributed by atoms with van der Waals surface area (Å²) in [5.74, 6) is -3.48. The molecule has 2 aromatic rings. The van der Waals surface area contributed by atoms with E-state index in [1.54, 1.807) is 0 Å². The predicted molar refractivity (Wildman–Crippen MR) is 106 cm³/mol. The van der Waals surface area contributed by atoms with Crippen LogP contribution in [0, 0.1) is 17.7 Å². The first-order valence-corrected chi connectivity index (χ1v) is 10.4. The van der Waals surface area contributed by atoms with Crippen molar-refractivity contribution in [1.29, 1.82) is 0 Å². The number of hydrogen-bond acceptors (Lipinski definition) is 6. The lowest BCUT2D eigenvalue weighted by atomic mass is 9.77. The van der Waals surface area contributed by atoms with E-state index in [-0.39, 0.29) is 5.91 Å². The third-order valence-electron chi connectivity index (χ3n) is 5.78. The molecule has 6 nitrogen and oxygen atoms in total. The van der Waals surface area contributed by atoms with Crippen molar-refractivity contribution in [3.8, 4) is 0 Å². The molecule has 152 valence electrons. The van der Waals surface area contributed by atoms with Crippen LogP contribution in [-0.4, -0.2) is 30.4 Å². The molecule has 0 aliphatic carbocycles. The molecule has 3 heterocycles. The van der Waals surface area contributed by atoms with Gasteiger partial charge in [0.25, 0.3) is 0 Å². The summed E-state index contributed by atoms with van der Waals surface area (Å²) in [5, 5.41) is 5.20. The first-order chi connectivity index (χ1) is 13.9. The van der Waals surface area contributed by atoms with Crippen LogP contribution in [0.3, 0.4) is 0 Å². The number of nitrogens with one attached hydrogen (secondary N) is 1. The molecule has 2 saturated heterocycles. The van der Waals surface area contributed by atoms with E-state index in [0.29, 0.717) is 18.5 Å². The second kappa shape index (κ2) is 7.35. The molecule has 4 rings (SSSR count). The average molecular weight is 416 g/mol. The van der Waals surface area contributed by atoms with Gasteiger partial charge in [-0.25, -0.2) is 9.29 Å². The molecule has 0 saturated carbocycles. The molecular weight excluding hydrogens is 395 g/mol. The number of esters is 1. The third kappa shape index (κ3) is 2.89. The van der Waals surface area contributed by atoms with Gasteiger partial charge in [-0.05, 0) is 42.1 Å². The summed E-state index contributed by atoms with van der Waals surface area (Å²) in [4.78, 5) is 41.8. The molecule has 0 unspecified atom stereocenters. The van der Waals surface area contributed by atoms with Gasteiger partial charge in [0, 0.05) is 4.88 Å². The van der Waals surface area contributed by atoms with Crippen LogP contribution in [-0.2, 0) is 19.1 Å². The number of nitrogens with zero attached hydrogens (tertiary/aromatic N) is 1. The van der Waals surface area contributed by atoms with Gasteiger partial charge in [-0.15, -0.1) is 11.3 Å². The van der Waals surface area contributed by atoms with Crippen LogP contribution in [0.4, 0.5) is 10.1 Å². The highest BCUT2D eigenvalue weighted by molar-refractivity contribution is 7.10. The van der Waals surface area contributed by atoms with Crippen LogP contribution < -0.4 is 10.2 Å². The first-order valence-electron chi connectivity index (χ1n) is 9.47. The lowest BCUT2D eigenvalue weighted by Crippen LogP contribution is -2.56. The zero-order valence-corrected chi connectivity index (χ0v) is 16.9. The summed E-state index contributed by atoms with van der Waals surface area (Å²) in [6.45, 7) is 1.92. The number of fused-ring (bicyclic) bond motifs is 1. The Morgan fingerprint density at radius 1 is 1.24 bits per heavy atom. The van der Waals surface area contributed by atoms with E-state index in [2.05, 4.69) is 5.32 Å². The zero-order chi connectivity index (χ0) is 20.8. The highest BCUT2D eigenvalue weighted by Crippen LogP contribution is 2.52. The number of carbonyl (C=O) groups is 3. The molecule has 0 bridgehead atoms. The quantitative estimate of drug-likeness (QED) is 0.599. The van der Waals surface area contributed by atoms with Gasteiger partial charge in [0.2, 0.25) is 11.8 Å². The normalized spacial score (nSPS) is 28.7. The summed E-state index contributed by atoms with van der Waals surface area (Å²) in [6, 6.07) is 8.49. The smallest absolute Gasteiger partial charge is 0.326 e. The van der Waals surface area contributed by atoms with Crippen molar-refractivity contribution >= 4 is 34.8 Å². The molecule has 4 atom stereocenters. The van der Waals surface area contributed by atoms with Crippen LogP contribution >= 0.6 is 11.3 Å². The minimum atomic E-state index is -1.29. The van der Waals surface area contributed by atoms with Crippen LogP contribution in [0.25, 0.3) is 0 Å². The molecule has 0 radical (unpaired) electrons. The fraction of sp³-hybridized carbons (Fsp3) is 0.381. The predicted octanol–water partition coefficient (Wildman–Crippen LogP) is 3.05. The lowest BCUT2D eigenvalue weighted by molar-refractivity contribution is -0.152. The standard InChI is InChI=1S/C21H21FN2O4S/c1-3-10-21(20(27)28-2)16-15(17(23-21)14-5-4-11-29-14)18(25)24(19(16)26)13-8-6-12(22)7-9-13/h4-9,11,15-17,23H,3,10H2,1-2H3/t15-,16-,17-,21+/m0/s1. The van der Waals surface area contributed by atoms with Crippen molar-refractivity contribution < 1.29 is 23.5 Å². The van der Waals surface area contributed by atoms with E-state index in [1.165, 1.54) is 42.7 Å². The van der Waals surface area contributed by atoms with Crippen LogP contribution in [0.5, 0.6) is 0 Å². The average Bonchev–Trinajstić information content (AvgIpc) is 3.41. The Labute approximate surface area is 171 Å². The van der Waals surface area contributed by atoms with E-state index in [1.807, 2.05) is 24.4 Å². The molecule has 1 N–H and O–H groups in total. The van der Waals surface area contributed by atoms with E-state index >= 15 is 0 Å².